The van der Waals surface area contributed by atoms with Gasteiger partial charge in [0.1, 0.15) is 0 Å². The van der Waals surface area contributed by atoms with Crippen LogP contribution in [0.5, 0.6) is 11.5 Å². The number of nitrogens with one attached hydrogen (secondary N) is 1. The number of amides is 1. The fourth-order valence-corrected chi connectivity index (χ4v) is 3.31. The minimum absolute atomic E-state index is 0.161. The lowest BCUT2D eigenvalue weighted by atomic mass is 10.0. The summed E-state index contributed by atoms with van der Waals surface area (Å²) in [6.45, 7) is 6.23. The van der Waals surface area contributed by atoms with Crippen molar-refractivity contribution >= 4 is 27.5 Å². The van der Waals surface area contributed by atoms with Gasteiger partial charge in [0, 0.05) is 11.8 Å². The molecular weight excluding hydrogens is 408 g/mol. The molecule has 0 aliphatic rings. The van der Waals surface area contributed by atoms with Gasteiger partial charge in [0.2, 0.25) is 0 Å². The molecule has 6 heteroatoms. The molecule has 0 spiro atoms. The Bertz CT molecular complexity index is 837. The van der Waals surface area contributed by atoms with Gasteiger partial charge in [-0.25, -0.2) is 0 Å². The zero-order valence-electron chi connectivity index (χ0n) is 15.8. The van der Waals surface area contributed by atoms with E-state index in [1.54, 1.807) is 12.1 Å². The van der Waals surface area contributed by atoms with Crippen molar-refractivity contribution in [1.29, 1.82) is 5.26 Å². The molecule has 0 atom stereocenters. The molecule has 0 saturated heterocycles. The predicted octanol–water partition coefficient (Wildman–Crippen LogP) is 4.86. The summed E-state index contributed by atoms with van der Waals surface area (Å²) in [5.41, 5.74) is 3.50. The van der Waals surface area contributed by atoms with Crippen LogP contribution in [0.4, 0.5) is 5.69 Å². The molecule has 27 heavy (non-hydrogen) atoms. The molecule has 1 amide bonds. The molecule has 0 saturated carbocycles. The number of carbonyl (C=O) groups is 1. The molecule has 0 fully saturated rings. The summed E-state index contributed by atoms with van der Waals surface area (Å²) < 4.78 is 11.8. The molecule has 2 aromatic rings. The number of hydrogen-bond donors (Lipinski definition) is 1. The highest BCUT2D eigenvalue weighted by atomic mass is 79.9. The molecular formula is C21H23BrN2O3. The van der Waals surface area contributed by atoms with Gasteiger partial charge >= 0.3 is 0 Å². The highest BCUT2D eigenvalue weighted by molar-refractivity contribution is 9.10. The second-order valence-electron chi connectivity index (χ2n) is 5.83. The van der Waals surface area contributed by atoms with Crippen LogP contribution in [0.2, 0.25) is 0 Å². The quantitative estimate of drug-likeness (QED) is 0.648. The van der Waals surface area contributed by atoms with Gasteiger partial charge in [-0.2, -0.15) is 5.26 Å². The van der Waals surface area contributed by atoms with Gasteiger partial charge in [0.15, 0.2) is 18.1 Å². The summed E-state index contributed by atoms with van der Waals surface area (Å²) in [4.78, 5) is 12.5. The zero-order chi connectivity index (χ0) is 19.8. The van der Waals surface area contributed by atoms with Gasteiger partial charge in [-0.15, -0.1) is 0 Å². The minimum Gasteiger partial charge on any atom is -0.490 e. The summed E-state index contributed by atoms with van der Waals surface area (Å²) >= 11 is 3.38. The fourth-order valence-electron chi connectivity index (χ4n) is 2.75. The molecule has 0 bridgehead atoms. The number of anilines is 1. The van der Waals surface area contributed by atoms with Gasteiger partial charge in [0.05, 0.1) is 22.7 Å². The predicted molar refractivity (Wildman–Crippen MR) is 109 cm³/mol. The van der Waals surface area contributed by atoms with E-state index < -0.39 is 0 Å². The van der Waals surface area contributed by atoms with Gasteiger partial charge in [-0.1, -0.05) is 32.0 Å². The Labute approximate surface area is 168 Å². The van der Waals surface area contributed by atoms with Gasteiger partial charge in [0.25, 0.3) is 5.91 Å². The molecule has 1 N–H and O–H groups in total. The van der Waals surface area contributed by atoms with Gasteiger partial charge in [-0.3, -0.25) is 4.79 Å². The van der Waals surface area contributed by atoms with Crippen LogP contribution in [0.15, 0.2) is 34.8 Å². The molecule has 0 unspecified atom stereocenters. The van der Waals surface area contributed by atoms with Crippen molar-refractivity contribution in [2.45, 2.75) is 33.6 Å². The lowest BCUT2D eigenvalue weighted by molar-refractivity contribution is -0.118. The number of ether oxygens (including phenoxy) is 2. The first-order chi connectivity index (χ1) is 13.0. The van der Waals surface area contributed by atoms with E-state index in [1.807, 2.05) is 25.1 Å². The van der Waals surface area contributed by atoms with Crippen molar-refractivity contribution in [1.82, 2.24) is 0 Å². The molecule has 5 nitrogen and oxygen atoms in total. The molecule has 0 aliphatic heterocycles. The fraction of sp³-hybridized carbons (Fsp3) is 0.333. The molecule has 0 aromatic heterocycles. The zero-order valence-corrected chi connectivity index (χ0v) is 17.4. The van der Waals surface area contributed by atoms with Crippen molar-refractivity contribution in [2.75, 3.05) is 18.5 Å². The largest absolute Gasteiger partial charge is 0.490 e. The Kier molecular flexibility index (Phi) is 7.68. The number of nitriles is 1. The third kappa shape index (κ3) is 5.24. The Morgan fingerprint density at radius 3 is 2.37 bits per heavy atom. The molecule has 142 valence electrons. The van der Waals surface area contributed by atoms with E-state index >= 15 is 0 Å². The summed E-state index contributed by atoms with van der Waals surface area (Å²) in [6.07, 6.45) is 1.67. The van der Waals surface area contributed by atoms with E-state index in [9.17, 15) is 4.79 Å². The average molecular weight is 431 g/mol. The van der Waals surface area contributed by atoms with Crippen molar-refractivity contribution in [3.05, 3.63) is 51.5 Å². The van der Waals surface area contributed by atoms with Crippen LogP contribution < -0.4 is 14.8 Å². The van der Waals surface area contributed by atoms with Crippen LogP contribution in [-0.2, 0) is 17.6 Å². The monoisotopic (exact) mass is 430 g/mol. The van der Waals surface area contributed by atoms with Crippen LogP contribution in [0.3, 0.4) is 0 Å². The maximum Gasteiger partial charge on any atom is 0.262 e. The second kappa shape index (κ2) is 9.98. The average Bonchev–Trinajstić information content (AvgIpc) is 2.67. The number of para-hydroxylation sites is 1. The Balaban J connectivity index is 2.16. The van der Waals surface area contributed by atoms with Crippen molar-refractivity contribution in [3.63, 3.8) is 0 Å². The first-order valence-corrected chi connectivity index (χ1v) is 9.73. The normalized spacial score (nSPS) is 10.2. The standard InChI is InChI=1S/C21H23BrN2O3/c1-4-15-8-7-9-16(5-2)20(15)24-19(25)13-27-21-17(22)10-14(12-23)11-18(21)26-6-3/h7-11H,4-6,13H2,1-3H3,(H,24,25). The van der Waals surface area contributed by atoms with E-state index in [2.05, 4.69) is 41.2 Å². The van der Waals surface area contributed by atoms with Gasteiger partial charge < -0.3 is 14.8 Å². The van der Waals surface area contributed by atoms with Gasteiger partial charge in [-0.05, 0) is 52.9 Å². The van der Waals surface area contributed by atoms with E-state index in [0.29, 0.717) is 28.1 Å². The smallest absolute Gasteiger partial charge is 0.262 e. The highest BCUT2D eigenvalue weighted by Gasteiger charge is 2.15. The third-order valence-corrected chi connectivity index (χ3v) is 4.64. The van der Waals surface area contributed by atoms with E-state index in [-0.39, 0.29) is 12.5 Å². The van der Waals surface area contributed by atoms with Crippen molar-refractivity contribution in [3.8, 4) is 17.6 Å². The number of aryl methyl sites for hydroxylation is 2. The first-order valence-electron chi connectivity index (χ1n) is 8.93. The molecule has 2 aromatic carbocycles. The SMILES string of the molecule is CCOc1cc(C#N)cc(Br)c1OCC(=O)Nc1c(CC)cccc1CC. The Morgan fingerprint density at radius 1 is 1.15 bits per heavy atom. The number of nitrogens with zero attached hydrogens (tertiary/aromatic N) is 1. The number of carbonyl (C=O) groups excluding carboxylic acids is 1. The summed E-state index contributed by atoms with van der Waals surface area (Å²) in [5.74, 6) is 0.592. The van der Waals surface area contributed by atoms with Crippen LogP contribution >= 0.6 is 15.9 Å². The second-order valence-corrected chi connectivity index (χ2v) is 6.68. The number of rotatable bonds is 8. The minimum atomic E-state index is -0.246. The molecule has 2 rings (SSSR count). The topological polar surface area (TPSA) is 71.3 Å². The first kappa shape index (κ1) is 20.8. The third-order valence-electron chi connectivity index (χ3n) is 4.05. The van der Waals surface area contributed by atoms with E-state index in [1.165, 1.54) is 0 Å². The molecule has 0 aliphatic carbocycles. The van der Waals surface area contributed by atoms with Crippen molar-refractivity contribution in [2.24, 2.45) is 0 Å². The number of benzene rings is 2. The van der Waals surface area contributed by atoms with E-state index in [0.717, 1.165) is 29.7 Å². The highest BCUT2D eigenvalue weighted by Crippen LogP contribution is 2.36. The maximum absolute atomic E-state index is 12.5. The molecule has 0 heterocycles. The summed E-state index contributed by atoms with van der Waals surface area (Å²) in [7, 11) is 0. The van der Waals surface area contributed by atoms with E-state index in [4.69, 9.17) is 14.7 Å². The van der Waals surface area contributed by atoms with Crippen LogP contribution in [0, 0.1) is 11.3 Å². The summed E-state index contributed by atoms with van der Waals surface area (Å²) in [6, 6.07) is 11.3. The number of halogens is 1. The van der Waals surface area contributed by atoms with Crippen LogP contribution in [-0.4, -0.2) is 19.1 Å². The van der Waals surface area contributed by atoms with Crippen LogP contribution in [0.25, 0.3) is 0 Å². The Morgan fingerprint density at radius 2 is 1.81 bits per heavy atom. The van der Waals surface area contributed by atoms with Crippen LogP contribution in [0.1, 0.15) is 37.5 Å². The van der Waals surface area contributed by atoms with Crippen molar-refractivity contribution < 1.29 is 14.3 Å². The molecule has 0 radical (unpaired) electrons. The Hall–Kier alpha value is -2.52. The lowest BCUT2D eigenvalue weighted by Gasteiger charge is -2.16. The lowest BCUT2D eigenvalue weighted by Crippen LogP contribution is -2.22. The maximum atomic E-state index is 12.5. The number of hydrogen-bond acceptors (Lipinski definition) is 4. The summed E-state index contributed by atoms with van der Waals surface area (Å²) in [5, 5.41) is 12.1.